The molecule has 0 saturated carbocycles. The Morgan fingerprint density at radius 1 is 1.04 bits per heavy atom. The summed E-state index contributed by atoms with van der Waals surface area (Å²) in [5.41, 5.74) is 0.952. The van der Waals surface area contributed by atoms with Crippen molar-refractivity contribution in [3.05, 3.63) is 81.5 Å². The molecule has 1 aromatic heterocycles. The summed E-state index contributed by atoms with van der Waals surface area (Å²) in [7, 11) is -2.20. The van der Waals surface area contributed by atoms with E-state index in [0.29, 0.717) is 22.1 Å². The monoisotopic (exact) mass is 420 g/mol. The molecule has 1 N–H and O–H groups in total. The van der Waals surface area contributed by atoms with E-state index in [9.17, 15) is 13.2 Å². The Labute approximate surface area is 167 Å². The van der Waals surface area contributed by atoms with Crippen LogP contribution in [0.4, 0.5) is 5.69 Å². The maximum Gasteiger partial charge on any atom is 0.264 e. The molecule has 27 heavy (non-hydrogen) atoms. The number of hydrogen-bond donors (Lipinski definition) is 1. The number of para-hydroxylation sites is 1. The molecule has 0 bridgehead atoms. The van der Waals surface area contributed by atoms with Gasteiger partial charge in [-0.1, -0.05) is 29.8 Å². The van der Waals surface area contributed by atoms with Crippen molar-refractivity contribution in [1.29, 1.82) is 0 Å². The molecule has 0 radical (unpaired) electrons. The highest BCUT2D eigenvalue weighted by molar-refractivity contribution is 7.92. The highest BCUT2D eigenvalue weighted by Crippen LogP contribution is 2.23. The predicted octanol–water partition coefficient (Wildman–Crippen LogP) is 4.16. The van der Waals surface area contributed by atoms with Gasteiger partial charge in [0.25, 0.3) is 15.9 Å². The van der Waals surface area contributed by atoms with Gasteiger partial charge in [-0.3, -0.25) is 9.10 Å². The number of nitrogens with one attached hydrogen (secondary N) is 1. The number of rotatable bonds is 6. The number of thiophene rings is 1. The number of halogens is 1. The minimum absolute atomic E-state index is 0.121. The molecule has 3 rings (SSSR count). The molecule has 0 spiro atoms. The normalized spacial score (nSPS) is 11.2. The molecule has 0 aliphatic heterocycles. The lowest BCUT2D eigenvalue weighted by Gasteiger charge is -2.19. The molecule has 0 fully saturated rings. The third kappa shape index (κ3) is 4.50. The Bertz CT molecular complexity index is 1030. The van der Waals surface area contributed by atoms with Crippen LogP contribution < -0.4 is 9.62 Å². The lowest BCUT2D eigenvalue weighted by Crippen LogP contribution is -2.26. The number of nitrogens with zero attached hydrogens (tertiary/aromatic N) is 1. The topological polar surface area (TPSA) is 66.5 Å². The van der Waals surface area contributed by atoms with Crippen LogP contribution in [-0.4, -0.2) is 21.4 Å². The largest absolute Gasteiger partial charge is 0.347 e. The molecule has 0 aliphatic carbocycles. The van der Waals surface area contributed by atoms with Gasteiger partial charge in [-0.25, -0.2) is 8.42 Å². The summed E-state index contributed by atoms with van der Waals surface area (Å²) in [5.74, 6) is -0.278. The van der Waals surface area contributed by atoms with Crippen LogP contribution in [0.15, 0.2) is 71.6 Å². The first-order chi connectivity index (χ1) is 12.9. The molecule has 0 saturated heterocycles. The number of hydrogen-bond acceptors (Lipinski definition) is 4. The van der Waals surface area contributed by atoms with Crippen LogP contribution >= 0.6 is 22.9 Å². The standard InChI is InChI=1S/C19H17ClN2O3S2/c1-22(15-5-3-2-4-6-15)27(24,25)17-10-7-14(8-11-17)19(23)21-13-16-9-12-18(20)26-16/h2-12H,13H2,1H3,(H,21,23). The molecule has 0 aliphatic rings. The number of anilines is 1. The van der Waals surface area contributed by atoms with Gasteiger partial charge in [-0.2, -0.15) is 0 Å². The molecule has 0 unspecified atom stereocenters. The number of carbonyl (C=O) groups excluding carboxylic acids is 1. The van der Waals surface area contributed by atoms with Gasteiger partial charge >= 0.3 is 0 Å². The SMILES string of the molecule is CN(c1ccccc1)S(=O)(=O)c1ccc(C(=O)NCc2ccc(Cl)s2)cc1. The van der Waals surface area contributed by atoms with E-state index in [0.717, 1.165) is 4.88 Å². The first-order valence-electron chi connectivity index (χ1n) is 8.04. The Morgan fingerprint density at radius 2 is 1.70 bits per heavy atom. The van der Waals surface area contributed by atoms with Crippen LogP contribution in [0, 0.1) is 0 Å². The van der Waals surface area contributed by atoms with Crippen molar-refractivity contribution in [2.45, 2.75) is 11.4 Å². The van der Waals surface area contributed by atoms with Crippen LogP contribution in [0.1, 0.15) is 15.2 Å². The van der Waals surface area contributed by atoms with Crippen LogP contribution in [0.5, 0.6) is 0 Å². The van der Waals surface area contributed by atoms with E-state index in [4.69, 9.17) is 11.6 Å². The molecule has 5 nitrogen and oxygen atoms in total. The maximum absolute atomic E-state index is 12.7. The molecule has 2 aromatic carbocycles. The molecule has 8 heteroatoms. The van der Waals surface area contributed by atoms with Crippen molar-refractivity contribution in [2.24, 2.45) is 0 Å². The molecule has 3 aromatic rings. The lowest BCUT2D eigenvalue weighted by atomic mass is 10.2. The van der Waals surface area contributed by atoms with Crippen LogP contribution in [0.25, 0.3) is 0 Å². The summed E-state index contributed by atoms with van der Waals surface area (Å²) in [6, 6.07) is 18.3. The fraction of sp³-hybridized carbons (Fsp3) is 0.105. The highest BCUT2D eigenvalue weighted by Gasteiger charge is 2.21. The van der Waals surface area contributed by atoms with Gasteiger partial charge in [0.15, 0.2) is 0 Å². The zero-order valence-electron chi connectivity index (χ0n) is 14.4. The van der Waals surface area contributed by atoms with Crippen molar-refractivity contribution in [3.63, 3.8) is 0 Å². The second-order valence-corrected chi connectivity index (χ2v) is 9.49. The van der Waals surface area contributed by atoms with E-state index in [1.54, 1.807) is 30.3 Å². The first-order valence-corrected chi connectivity index (χ1v) is 10.7. The van der Waals surface area contributed by atoms with E-state index in [2.05, 4.69) is 5.32 Å². The molecule has 1 amide bonds. The van der Waals surface area contributed by atoms with Crippen molar-refractivity contribution in [1.82, 2.24) is 5.32 Å². The van der Waals surface area contributed by atoms with Crippen molar-refractivity contribution in [2.75, 3.05) is 11.4 Å². The smallest absolute Gasteiger partial charge is 0.264 e. The number of benzene rings is 2. The van der Waals surface area contributed by atoms with Crippen LogP contribution in [0.3, 0.4) is 0 Å². The van der Waals surface area contributed by atoms with E-state index in [1.807, 2.05) is 12.1 Å². The Morgan fingerprint density at radius 3 is 2.30 bits per heavy atom. The van der Waals surface area contributed by atoms with Crippen molar-refractivity contribution >= 4 is 44.6 Å². The highest BCUT2D eigenvalue weighted by atomic mass is 35.5. The van der Waals surface area contributed by atoms with Gasteiger partial charge in [0.05, 0.1) is 21.5 Å². The van der Waals surface area contributed by atoms with Crippen LogP contribution in [0.2, 0.25) is 4.34 Å². The minimum atomic E-state index is -3.70. The third-order valence-corrected chi connectivity index (χ3v) is 6.98. The molecule has 140 valence electrons. The van der Waals surface area contributed by atoms with Crippen LogP contribution in [-0.2, 0) is 16.6 Å². The second kappa shape index (κ2) is 8.12. The average Bonchev–Trinajstić information content (AvgIpc) is 3.11. The van der Waals surface area contributed by atoms with Crippen molar-refractivity contribution < 1.29 is 13.2 Å². The van der Waals surface area contributed by atoms with Gasteiger partial charge in [-0.15, -0.1) is 11.3 Å². The zero-order chi connectivity index (χ0) is 19.4. The maximum atomic E-state index is 12.7. The van der Waals surface area contributed by atoms with Gasteiger partial charge in [0.2, 0.25) is 0 Å². The lowest BCUT2D eigenvalue weighted by molar-refractivity contribution is 0.0951. The summed E-state index contributed by atoms with van der Waals surface area (Å²) in [4.78, 5) is 13.3. The van der Waals surface area contributed by atoms with Gasteiger partial charge < -0.3 is 5.32 Å². The Kier molecular flexibility index (Phi) is 5.84. The Hall–Kier alpha value is -2.35. The minimum Gasteiger partial charge on any atom is -0.347 e. The Balaban J connectivity index is 1.71. The number of carbonyl (C=O) groups is 1. The molecular weight excluding hydrogens is 404 g/mol. The van der Waals surface area contributed by atoms with Gasteiger partial charge in [0.1, 0.15) is 0 Å². The molecular formula is C19H17ClN2O3S2. The predicted molar refractivity (Wildman–Crippen MR) is 109 cm³/mol. The summed E-state index contributed by atoms with van der Waals surface area (Å²) in [5, 5.41) is 2.79. The fourth-order valence-electron chi connectivity index (χ4n) is 2.43. The summed E-state index contributed by atoms with van der Waals surface area (Å²) in [6.45, 7) is 0.368. The van der Waals surface area contributed by atoms with Gasteiger partial charge in [-0.05, 0) is 48.5 Å². The summed E-state index contributed by atoms with van der Waals surface area (Å²) in [6.07, 6.45) is 0. The molecule has 0 atom stereocenters. The first kappa shape index (κ1) is 19.4. The number of sulfonamides is 1. The molecule has 1 heterocycles. The fourth-order valence-corrected chi connectivity index (χ4v) is 4.65. The average molecular weight is 421 g/mol. The van der Waals surface area contributed by atoms with E-state index in [1.165, 1.54) is 47.0 Å². The van der Waals surface area contributed by atoms with Gasteiger partial charge in [0, 0.05) is 17.5 Å². The third-order valence-electron chi connectivity index (χ3n) is 3.95. The number of amides is 1. The van der Waals surface area contributed by atoms with E-state index < -0.39 is 10.0 Å². The van der Waals surface area contributed by atoms with E-state index in [-0.39, 0.29) is 10.8 Å². The second-order valence-electron chi connectivity index (χ2n) is 5.72. The van der Waals surface area contributed by atoms with Crippen molar-refractivity contribution in [3.8, 4) is 0 Å². The summed E-state index contributed by atoms with van der Waals surface area (Å²) >= 11 is 7.27. The summed E-state index contributed by atoms with van der Waals surface area (Å²) < 4.78 is 27.4. The quantitative estimate of drug-likeness (QED) is 0.651. The zero-order valence-corrected chi connectivity index (χ0v) is 16.8. The van der Waals surface area contributed by atoms with E-state index >= 15 is 0 Å².